The van der Waals surface area contributed by atoms with Crippen molar-refractivity contribution in [3.63, 3.8) is 0 Å². The van der Waals surface area contributed by atoms with Gasteiger partial charge in [-0.2, -0.15) is 4.31 Å². The number of rotatable bonds is 7. The van der Waals surface area contributed by atoms with E-state index in [0.29, 0.717) is 10.8 Å². The normalized spacial score (nSPS) is 11.4. The number of thiazole rings is 1. The average molecular weight is 432 g/mol. The molecule has 7 nitrogen and oxygen atoms in total. The largest absolute Gasteiger partial charge is 0.497 e. The van der Waals surface area contributed by atoms with Crippen molar-refractivity contribution in [2.24, 2.45) is 0 Å². The van der Waals surface area contributed by atoms with Gasteiger partial charge < -0.3 is 10.1 Å². The molecule has 0 aliphatic carbocycles. The number of ether oxygens (including phenoxy) is 1. The molecule has 0 aliphatic rings. The molecule has 1 N–H and O–H groups in total. The van der Waals surface area contributed by atoms with Crippen LogP contribution < -0.4 is 10.1 Å². The van der Waals surface area contributed by atoms with Crippen molar-refractivity contribution >= 4 is 32.4 Å². The van der Waals surface area contributed by atoms with Gasteiger partial charge >= 0.3 is 0 Å². The third-order valence-electron chi connectivity index (χ3n) is 4.23. The second-order valence-corrected chi connectivity index (χ2v) is 9.29. The van der Waals surface area contributed by atoms with Crippen LogP contribution in [0, 0.1) is 6.92 Å². The lowest BCUT2D eigenvalue weighted by Gasteiger charge is -2.16. The van der Waals surface area contributed by atoms with Gasteiger partial charge in [0.25, 0.3) is 0 Å². The van der Waals surface area contributed by atoms with E-state index in [0.717, 1.165) is 21.2 Å². The van der Waals surface area contributed by atoms with Crippen LogP contribution in [0.2, 0.25) is 0 Å². The quantitative estimate of drug-likeness (QED) is 0.619. The fraction of sp³-hybridized carbons (Fsp3) is 0.200. The first-order valence-corrected chi connectivity index (χ1v) is 11.0. The topological polar surface area (TPSA) is 88.6 Å². The Labute approximate surface area is 174 Å². The molecule has 0 unspecified atom stereocenters. The Morgan fingerprint density at radius 1 is 1.14 bits per heavy atom. The van der Waals surface area contributed by atoms with Crippen molar-refractivity contribution in [3.8, 4) is 17.0 Å². The molecule has 2 aromatic carbocycles. The van der Waals surface area contributed by atoms with Gasteiger partial charge in [0.2, 0.25) is 15.9 Å². The first-order chi connectivity index (χ1) is 13.8. The van der Waals surface area contributed by atoms with E-state index in [-0.39, 0.29) is 11.4 Å². The van der Waals surface area contributed by atoms with Crippen LogP contribution in [0.5, 0.6) is 5.75 Å². The number of anilines is 1. The Hall–Kier alpha value is -2.75. The molecule has 3 aromatic rings. The molecule has 3 rings (SSSR count). The number of aromatic nitrogens is 1. The number of nitrogens with zero attached hydrogens (tertiary/aromatic N) is 2. The molecule has 152 valence electrons. The number of amides is 1. The fourth-order valence-electron chi connectivity index (χ4n) is 2.56. The van der Waals surface area contributed by atoms with E-state index in [2.05, 4.69) is 10.3 Å². The summed E-state index contributed by atoms with van der Waals surface area (Å²) in [5.41, 5.74) is 2.57. The van der Waals surface area contributed by atoms with Crippen molar-refractivity contribution in [1.82, 2.24) is 9.29 Å². The Morgan fingerprint density at radius 3 is 2.41 bits per heavy atom. The van der Waals surface area contributed by atoms with E-state index in [1.165, 1.54) is 30.5 Å². The van der Waals surface area contributed by atoms with E-state index in [1.807, 2.05) is 36.6 Å². The van der Waals surface area contributed by atoms with E-state index in [1.54, 1.807) is 19.2 Å². The van der Waals surface area contributed by atoms with Gasteiger partial charge in [-0.25, -0.2) is 13.4 Å². The van der Waals surface area contributed by atoms with Crippen molar-refractivity contribution in [1.29, 1.82) is 0 Å². The zero-order chi connectivity index (χ0) is 21.0. The predicted molar refractivity (Wildman–Crippen MR) is 114 cm³/mol. The van der Waals surface area contributed by atoms with Crippen LogP contribution in [0.1, 0.15) is 5.56 Å². The monoisotopic (exact) mass is 431 g/mol. The second kappa shape index (κ2) is 8.73. The highest BCUT2D eigenvalue weighted by molar-refractivity contribution is 7.89. The summed E-state index contributed by atoms with van der Waals surface area (Å²) in [5.74, 6) is 0.286. The molecule has 1 aromatic heterocycles. The summed E-state index contributed by atoms with van der Waals surface area (Å²) in [6.07, 6.45) is 0. The highest BCUT2D eigenvalue weighted by Gasteiger charge is 2.23. The lowest BCUT2D eigenvalue weighted by Crippen LogP contribution is -2.34. The Morgan fingerprint density at radius 2 is 1.79 bits per heavy atom. The van der Waals surface area contributed by atoms with Crippen LogP contribution in [0.15, 0.2) is 58.8 Å². The van der Waals surface area contributed by atoms with E-state index >= 15 is 0 Å². The van der Waals surface area contributed by atoms with Crippen molar-refractivity contribution in [3.05, 3.63) is 59.5 Å². The summed E-state index contributed by atoms with van der Waals surface area (Å²) >= 11 is 1.27. The zero-order valence-electron chi connectivity index (χ0n) is 16.2. The van der Waals surface area contributed by atoms with Gasteiger partial charge in [-0.05, 0) is 43.3 Å². The molecular formula is C20H21N3O4S2. The van der Waals surface area contributed by atoms with Crippen molar-refractivity contribution < 1.29 is 17.9 Å². The SMILES string of the molecule is COc1ccc(-c2csc(NC(=O)CN(C)S(=O)(=O)c3ccc(C)cc3)n2)cc1. The summed E-state index contributed by atoms with van der Waals surface area (Å²) in [5, 5.41) is 4.88. The minimum atomic E-state index is -3.74. The first kappa shape index (κ1) is 21.0. The molecule has 0 saturated carbocycles. The maximum Gasteiger partial charge on any atom is 0.243 e. The molecule has 0 radical (unpaired) electrons. The van der Waals surface area contributed by atoms with Gasteiger partial charge in [0, 0.05) is 18.0 Å². The van der Waals surface area contributed by atoms with Gasteiger partial charge in [-0.1, -0.05) is 17.7 Å². The van der Waals surface area contributed by atoms with Crippen molar-refractivity contribution in [2.75, 3.05) is 26.0 Å². The number of methoxy groups -OCH3 is 1. The third kappa shape index (κ3) is 5.00. The minimum absolute atomic E-state index is 0.148. The maximum absolute atomic E-state index is 12.6. The molecule has 0 saturated heterocycles. The number of hydrogen-bond acceptors (Lipinski definition) is 6. The molecule has 1 heterocycles. The standard InChI is InChI=1S/C20H21N3O4S2/c1-14-4-10-17(11-5-14)29(25,26)23(2)12-19(24)22-20-21-18(13-28-20)15-6-8-16(27-3)9-7-15/h4-11,13H,12H2,1-3H3,(H,21,22,24). The zero-order valence-corrected chi connectivity index (χ0v) is 17.9. The van der Waals surface area contributed by atoms with Gasteiger partial charge in [0.1, 0.15) is 5.75 Å². The summed E-state index contributed by atoms with van der Waals surface area (Å²) in [6.45, 7) is 1.56. The van der Waals surface area contributed by atoms with Crippen LogP contribution in [0.3, 0.4) is 0 Å². The number of nitrogens with one attached hydrogen (secondary N) is 1. The molecule has 1 amide bonds. The number of hydrogen-bond donors (Lipinski definition) is 1. The number of carbonyl (C=O) groups excluding carboxylic acids is 1. The van der Waals surface area contributed by atoms with Gasteiger partial charge in [0.15, 0.2) is 5.13 Å². The van der Waals surface area contributed by atoms with E-state index < -0.39 is 15.9 Å². The van der Waals surface area contributed by atoms with E-state index in [9.17, 15) is 13.2 Å². The summed E-state index contributed by atoms with van der Waals surface area (Å²) < 4.78 is 31.3. The number of likely N-dealkylation sites (N-methyl/N-ethyl adjacent to an activating group) is 1. The lowest BCUT2D eigenvalue weighted by atomic mass is 10.2. The van der Waals surface area contributed by atoms with Gasteiger partial charge in [-0.15, -0.1) is 11.3 Å². The Balaban J connectivity index is 1.64. The van der Waals surface area contributed by atoms with Gasteiger partial charge in [0.05, 0.1) is 24.2 Å². The van der Waals surface area contributed by atoms with Gasteiger partial charge in [-0.3, -0.25) is 4.79 Å². The van der Waals surface area contributed by atoms with Crippen LogP contribution in [0.25, 0.3) is 11.3 Å². The number of benzene rings is 2. The third-order valence-corrected chi connectivity index (χ3v) is 6.81. The molecule has 0 aliphatic heterocycles. The molecule has 0 atom stereocenters. The van der Waals surface area contributed by atoms with Crippen LogP contribution in [-0.2, 0) is 14.8 Å². The highest BCUT2D eigenvalue weighted by atomic mass is 32.2. The van der Waals surface area contributed by atoms with Crippen LogP contribution in [-0.4, -0.2) is 44.3 Å². The molecule has 0 spiro atoms. The molecule has 29 heavy (non-hydrogen) atoms. The fourth-order valence-corrected chi connectivity index (χ4v) is 4.42. The minimum Gasteiger partial charge on any atom is -0.497 e. The van der Waals surface area contributed by atoms with Crippen LogP contribution >= 0.6 is 11.3 Å². The number of sulfonamides is 1. The Bertz CT molecular complexity index is 1090. The number of carbonyl (C=O) groups is 1. The smallest absolute Gasteiger partial charge is 0.243 e. The van der Waals surface area contributed by atoms with Crippen LogP contribution in [0.4, 0.5) is 5.13 Å². The average Bonchev–Trinajstić information content (AvgIpc) is 3.16. The maximum atomic E-state index is 12.6. The number of aryl methyl sites for hydroxylation is 1. The molecule has 0 bridgehead atoms. The first-order valence-electron chi connectivity index (χ1n) is 8.72. The second-order valence-electron chi connectivity index (χ2n) is 6.39. The van der Waals surface area contributed by atoms with E-state index in [4.69, 9.17) is 4.74 Å². The predicted octanol–water partition coefficient (Wildman–Crippen LogP) is 3.39. The summed E-state index contributed by atoms with van der Waals surface area (Å²) in [4.78, 5) is 16.9. The molecule has 0 fully saturated rings. The lowest BCUT2D eigenvalue weighted by molar-refractivity contribution is -0.116. The highest BCUT2D eigenvalue weighted by Crippen LogP contribution is 2.26. The summed E-state index contributed by atoms with van der Waals surface area (Å²) in [7, 11) is -0.771. The molecular weight excluding hydrogens is 410 g/mol. The Kier molecular flexibility index (Phi) is 6.31. The summed E-state index contributed by atoms with van der Waals surface area (Å²) in [6, 6.07) is 13.9. The molecule has 9 heteroatoms. The van der Waals surface area contributed by atoms with Crippen molar-refractivity contribution in [2.45, 2.75) is 11.8 Å².